The highest BCUT2D eigenvalue weighted by molar-refractivity contribution is 5.58. The van der Waals surface area contributed by atoms with Gasteiger partial charge in [0.1, 0.15) is 5.75 Å². The van der Waals surface area contributed by atoms with Gasteiger partial charge >= 0.3 is 0 Å². The molecule has 19 heavy (non-hydrogen) atoms. The van der Waals surface area contributed by atoms with E-state index in [9.17, 15) is 0 Å². The van der Waals surface area contributed by atoms with Gasteiger partial charge in [0, 0.05) is 17.8 Å². The van der Waals surface area contributed by atoms with Crippen molar-refractivity contribution in [3.05, 3.63) is 30.5 Å². The van der Waals surface area contributed by atoms with Gasteiger partial charge in [-0.05, 0) is 25.0 Å². The number of hydrogen-bond acceptors (Lipinski definition) is 6. The highest BCUT2D eigenvalue weighted by Crippen LogP contribution is 2.24. The predicted octanol–water partition coefficient (Wildman–Crippen LogP) is 2.20. The van der Waals surface area contributed by atoms with Crippen molar-refractivity contribution in [2.75, 3.05) is 17.7 Å². The van der Waals surface area contributed by atoms with Crippen LogP contribution < -0.4 is 15.4 Å². The summed E-state index contributed by atoms with van der Waals surface area (Å²) in [6.45, 7) is 0. The lowest BCUT2D eigenvalue weighted by Gasteiger charge is -2.08. The molecule has 2 aromatic rings. The highest BCUT2D eigenvalue weighted by Gasteiger charge is 2.22. The summed E-state index contributed by atoms with van der Waals surface area (Å²) in [5, 5.41) is 14.3. The molecular weight excluding hydrogens is 242 g/mol. The minimum Gasteiger partial charge on any atom is -0.497 e. The Morgan fingerprint density at radius 2 is 2.21 bits per heavy atom. The number of anilines is 3. The van der Waals surface area contributed by atoms with E-state index in [1.54, 1.807) is 13.3 Å². The second-order valence-corrected chi connectivity index (χ2v) is 4.44. The Morgan fingerprint density at radius 1 is 1.32 bits per heavy atom. The van der Waals surface area contributed by atoms with Crippen molar-refractivity contribution in [1.82, 2.24) is 15.2 Å². The van der Waals surface area contributed by atoms with Gasteiger partial charge in [-0.25, -0.2) is 0 Å². The Kier molecular flexibility index (Phi) is 3.14. The third-order valence-corrected chi connectivity index (χ3v) is 2.81. The van der Waals surface area contributed by atoms with Crippen LogP contribution in [0.1, 0.15) is 12.8 Å². The number of nitrogens with one attached hydrogen (secondary N) is 2. The first-order valence-corrected chi connectivity index (χ1v) is 6.21. The van der Waals surface area contributed by atoms with E-state index in [4.69, 9.17) is 4.74 Å². The molecule has 0 spiro atoms. The maximum absolute atomic E-state index is 5.18. The van der Waals surface area contributed by atoms with Crippen LogP contribution in [0, 0.1) is 0 Å². The van der Waals surface area contributed by atoms with Crippen LogP contribution in [0.25, 0.3) is 0 Å². The van der Waals surface area contributed by atoms with Gasteiger partial charge in [-0.1, -0.05) is 6.07 Å². The maximum atomic E-state index is 5.18. The topological polar surface area (TPSA) is 72.0 Å². The highest BCUT2D eigenvalue weighted by atomic mass is 16.5. The largest absolute Gasteiger partial charge is 0.497 e. The Morgan fingerprint density at radius 3 is 3.00 bits per heavy atom. The number of methoxy groups -OCH3 is 1. The normalized spacial score (nSPS) is 13.9. The Bertz CT molecular complexity index is 570. The summed E-state index contributed by atoms with van der Waals surface area (Å²) in [5.74, 6) is 2.02. The van der Waals surface area contributed by atoms with Gasteiger partial charge < -0.3 is 15.4 Å². The molecule has 98 valence electrons. The minimum absolute atomic E-state index is 0.508. The summed E-state index contributed by atoms with van der Waals surface area (Å²) in [4.78, 5) is 4.37. The van der Waals surface area contributed by atoms with Crippen LogP contribution in [0.2, 0.25) is 0 Å². The zero-order valence-electron chi connectivity index (χ0n) is 10.6. The zero-order valence-corrected chi connectivity index (χ0v) is 10.6. The molecule has 0 saturated heterocycles. The summed E-state index contributed by atoms with van der Waals surface area (Å²) in [6, 6.07) is 8.16. The Labute approximate surface area is 111 Å². The number of nitrogens with zero attached hydrogens (tertiary/aromatic N) is 3. The molecule has 6 heteroatoms. The zero-order chi connectivity index (χ0) is 13.1. The molecular formula is C13H15N5O. The molecule has 0 amide bonds. The van der Waals surface area contributed by atoms with E-state index in [2.05, 4.69) is 25.8 Å². The lowest BCUT2D eigenvalue weighted by atomic mass is 10.3. The molecule has 1 saturated carbocycles. The van der Waals surface area contributed by atoms with Crippen molar-refractivity contribution in [3.63, 3.8) is 0 Å². The van der Waals surface area contributed by atoms with Gasteiger partial charge in [0.25, 0.3) is 0 Å². The fourth-order valence-corrected chi connectivity index (χ4v) is 1.68. The molecule has 6 nitrogen and oxygen atoms in total. The van der Waals surface area contributed by atoms with Gasteiger partial charge in [0.15, 0.2) is 5.82 Å². The smallest absolute Gasteiger partial charge is 0.244 e. The average Bonchev–Trinajstić information content (AvgIpc) is 3.23. The Hall–Kier alpha value is -2.37. The third kappa shape index (κ3) is 3.09. The second kappa shape index (κ2) is 5.09. The van der Waals surface area contributed by atoms with Crippen LogP contribution in [0.5, 0.6) is 5.75 Å². The van der Waals surface area contributed by atoms with E-state index in [0.29, 0.717) is 17.8 Å². The molecule has 1 aromatic heterocycles. The van der Waals surface area contributed by atoms with Gasteiger partial charge in [0.05, 0.1) is 13.3 Å². The molecule has 1 aliphatic rings. The maximum Gasteiger partial charge on any atom is 0.244 e. The van der Waals surface area contributed by atoms with Crippen molar-refractivity contribution >= 4 is 17.5 Å². The molecule has 0 radical (unpaired) electrons. The summed E-state index contributed by atoms with van der Waals surface area (Å²) >= 11 is 0. The quantitative estimate of drug-likeness (QED) is 0.855. The summed E-state index contributed by atoms with van der Waals surface area (Å²) in [6.07, 6.45) is 3.95. The number of benzene rings is 1. The fourth-order valence-electron chi connectivity index (χ4n) is 1.68. The molecule has 0 bridgehead atoms. The minimum atomic E-state index is 0.508. The van der Waals surface area contributed by atoms with Gasteiger partial charge in [-0.2, -0.15) is 10.1 Å². The van der Waals surface area contributed by atoms with Crippen LogP contribution >= 0.6 is 0 Å². The van der Waals surface area contributed by atoms with E-state index in [-0.39, 0.29) is 0 Å². The monoisotopic (exact) mass is 257 g/mol. The number of hydrogen-bond donors (Lipinski definition) is 2. The SMILES string of the molecule is COc1cccc(Nc2cnnc(NC3CC3)n2)c1. The third-order valence-electron chi connectivity index (χ3n) is 2.81. The van der Waals surface area contributed by atoms with Crippen LogP contribution in [0.4, 0.5) is 17.5 Å². The molecule has 1 aromatic carbocycles. The summed E-state index contributed by atoms with van der Waals surface area (Å²) in [7, 11) is 1.64. The first-order valence-electron chi connectivity index (χ1n) is 6.21. The van der Waals surface area contributed by atoms with Crippen molar-refractivity contribution in [1.29, 1.82) is 0 Å². The molecule has 2 N–H and O–H groups in total. The van der Waals surface area contributed by atoms with E-state index in [1.807, 2.05) is 24.3 Å². The molecule has 1 heterocycles. The lowest BCUT2D eigenvalue weighted by Crippen LogP contribution is -2.07. The van der Waals surface area contributed by atoms with Crippen molar-refractivity contribution in [2.24, 2.45) is 0 Å². The molecule has 0 unspecified atom stereocenters. The van der Waals surface area contributed by atoms with E-state index >= 15 is 0 Å². The first-order chi connectivity index (χ1) is 9.33. The van der Waals surface area contributed by atoms with E-state index in [1.165, 1.54) is 12.8 Å². The molecule has 3 rings (SSSR count). The summed E-state index contributed by atoms with van der Waals surface area (Å²) in [5.41, 5.74) is 0.900. The first kappa shape index (κ1) is 11.7. The average molecular weight is 257 g/mol. The van der Waals surface area contributed by atoms with E-state index in [0.717, 1.165) is 11.4 Å². The molecule has 1 aliphatic carbocycles. The van der Waals surface area contributed by atoms with Crippen molar-refractivity contribution in [2.45, 2.75) is 18.9 Å². The molecule has 0 atom stereocenters. The number of ether oxygens (including phenoxy) is 1. The number of rotatable bonds is 5. The predicted molar refractivity (Wildman–Crippen MR) is 72.7 cm³/mol. The standard InChI is InChI=1S/C13H15N5O/c1-19-11-4-2-3-10(7-11)15-12-8-14-18-13(17-12)16-9-5-6-9/h2-4,7-9H,5-6H2,1H3,(H2,15,16,17,18). The van der Waals surface area contributed by atoms with E-state index < -0.39 is 0 Å². The second-order valence-electron chi connectivity index (χ2n) is 4.44. The van der Waals surface area contributed by atoms with Gasteiger partial charge in [0.2, 0.25) is 5.95 Å². The number of aromatic nitrogens is 3. The van der Waals surface area contributed by atoms with Crippen LogP contribution in [0.15, 0.2) is 30.5 Å². The van der Waals surface area contributed by atoms with Crippen LogP contribution in [-0.2, 0) is 0 Å². The molecule has 1 fully saturated rings. The van der Waals surface area contributed by atoms with Crippen molar-refractivity contribution < 1.29 is 4.74 Å². The van der Waals surface area contributed by atoms with Gasteiger partial charge in [-0.15, -0.1) is 5.10 Å². The van der Waals surface area contributed by atoms with Crippen LogP contribution in [0.3, 0.4) is 0 Å². The summed E-state index contributed by atoms with van der Waals surface area (Å²) < 4.78 is 5.18. The molecule has 0 aliphatic heterocycles. The van der Waals surface area contributed by atoms with Gasteiger partial charge in [-0.3, -0.25) is 0 Å². The van der Waals surface area contributed by atoms with Crippen molar-refractivity contribution in [3.8, 4) is 5.75 Å². The lowest BCUT2D eigenvalue weighted by molar-refractivity contribution is 0.415. The fraction of sp³-hybridized carbons (Fsp3) is 0.308. The van der Waals surface area contributed by atoms with Crippen LogP contribution in [-0.4, -0.2) is 28.3 Å². The Balaban J connectivity index is 1.74.